The predicted octanol–water partition coefficient (Wildman–Crippen LogP) is 2.49. The topological polar surface area (TPSA) is 62.2 Å². The van der Waals surface area contributed by atoms with Gasteiger partial charge >= 0.3 is 0 Å². The lowest BCUT2D eigenvalue weighted by Crippen LogP contribution is -2.45. The van der Waals surface area contributed by atoms with Crippen molar-refractivity contribution >= 4 is 5.91 Å². The molecule has 0 N–H and O–H groups in total. The van der Waals surface area contributed by atoms with E-state index < -0.39 is 0 Å². The summed E-state index contributed by atoms with van der Waals surface area (Å²) < 4.78 is 0. The molecule has 3 saturated heterocycles. The second-order valence-electron chi connectivity index (χ2n) is 8.24. The number of rotatable bonds is 4. The van der Waals surface area contributed by atoms with E-state index in [2.05, 4.69) is 19.9 Å². The first-order valence-electron chi connectivity index (χ1n) is 10.0. The Balaban J connectivity index is 1.30. The Bertz CT molecular complexity index is 805. The maximum atomic E-state index is 13.1. The molecule has 27 heavy (non-hydrogen) atoms. The van der Waals surface area contributed by atoms with Crippen molar-refractivity contribution in [3.05, 3.63) is 42.5 Å². The first-order chi connectivity index (χ1) is 13.3. The van der Waals surface area contributed by atoms with Crippen LogP contribution in [0.5, 0.6) is 0 Å². The molecule has 1 aliphatic carbocycles. The molecule has 140 valence electrons. The fourth-order valence-corrected chi connectivity index (χ4v) is 4.47. The number of aromatic nitrogens is 3. The van der Waals surface area contributed by atoms with E-state index in [4.69, 9.17) is 0 Å². The molecule has 6 heteroatoms. The molecule has 2 aromatic rings. The Labute approximate surface area is 159 Å². The van der Waals surface area contributed by atoms with Crippen LogP contribution < -0.4 is 0 Å². The van der Waals surface area contributed by atoms with E-state index >= 15 is 0 Å². The highest BCUT2D eigenvalue weighted by Crippen LogP contribution is 2.35. The molecule has 1 amide bonds. The average molecular weight is 363 g/mol. The van der Waals surface area contributed by atoms with Crippen molar-refractivity contribution in [3.8, 4) is 11.4 Å². The molecule has 5 heterocycles. The van der Waals surface area contributed by atoms with E-state index in [1.165, 1.54) is 32.2 Å². The summed E-state index contributed by atoms with van der Waals surface area (Å²) in [4.78, 5) is 30.7. The Morgan fingerprint density at radius 3 is 2.63 bits per heavy atom. The van der Waals surface area contributed by atoms with Crippen molar-refractivity contribution in [2.75, 3.05) is 26.2 Å². The van der Waals surface area contributed by atoms with Crippen LogP contribution in [0, 0.1) is 11.8 Å². The zero-order chi connectivity index (χ0) is 18.2. The van der Waals surface area contributed by atoms with Crippen molar-refractivity contribution < 1.29 is 4.79 Å². The lowest BCUT2D eigenvalue weighted by Gasteiger charge is -2.36. The normalized spacial score (nSPS) is 25.4. The molecule has 6 nitrogen and oxygen atoms in total. The van der Waals surface area contributed by atoms with E-state index in [9.17, 15) is 4.79 Å². The van der Waals surface area contributed by atoms with Gasteiger partial charge in [0.1, 0.15) is 0 Å². The number of hydrogen-bond acceptors (Lipinski definition) is 5. The van der Waals surface area contributed by atoms with Gasteiger partial charge in [0.15, 0.2) is 5.82 Å². The third-order valence-electron chi connectivity index (χ3n) is 6.12. The van der Waals surface area contributed by atoms with Gasteiger partial charge in [-0.3, -0.25) is 14.7 Å². The fraction of sp³-hybridized carbons (Fsp3) is 0.524. The Morgan fingerprint density at radius 1 is 1.04 bits per heavy atom. The van der Waals surface area contributed by atoms with Gasteiger partial charge in [0, 0.05) is 62.6 Å². The molecule has 0 radical (unpaired) electrons. The highest BCUT2D eigenvalue weighted by Gasteiger charge is 2.38. The van der Waals surface area contributed by atoms with Gasteiger partial charge in [-0.25, -0.2) is 9.97 Å². The minimum absolute atomic E-state index is 0.0675. The minimum atomic E-state index is 0.0675. The highest BCUT2D eigenvalue weighted by molar-refractivity contribution is 5.93. The SMILES string of the molecule is O=C(c1cnc(-c2cccnc2)nc1)N1C[C@H]2CC[C@@H](C1)N(CC1CC1)C2. The molecule has 2 bridgehead atoms. The molecule has 4 aliphatic rings. The summed E-state index contributed by atoms with van der Waals surface area (Å²) in [6, 6.07) is 4.30. The van der Waals surface area contributed by atoms with Crippen LogP contribution in [-0.2, 0) is 0 Å². The highest BCUT2D eigenvalue weighted by atomic mass is 16.2. The third-order valence-corrected chi connectivity index (χ3v) is 6.12. The zero-order valence-electron chi connectivity index (χ0n) is 15.5. The molecule has 0 aromatic carbocycles. The standard InChI is InChI=1S/C21H25N5O/c27-21(18-9-23-20(24-10-18)17-2-1-7-22-8-17)26-13-16-5-6-19(14-26)25(12-16)11-15-3-4-15/h1-2,7-10,15-16,19H,3-6,11-14H2/t16-,19-/m0/s1. The van der Waals surface area contributed by atoms with Crippen LogP contribution in [-0.4, -0.2) is 62.9 Å². The fourth-order valence-electron chi connectivity index (χ4n) is 4.47. The molecule has 6 rings (SSSR count). The van der Waals surface area contributed by atoms with E-state index in [0.717, 1.165) is 31.1 Å². The van der Waals surface area contributed by atoms with Crippen LogP contribution in [0.1, 0.15) is 36.0 Å². The van der Waals surface area contributed by atoms with Crippen LogP contribution in [0.2, 0.25) is 0 Å². The second kappa shape index (κ2) is 7.00. The van der Waals surface area contributed by atoms with Crippen molar-refractivity contribution in [1.82, 2.24) is 24.8 Å². The van der Waals surface area contributed by atoms with E-state index in [-0.39, 0.29) is 5.91 Å². The molecule has 3 aliphatic heterocycles. The smallest absolute Gasteiger partial charge is 0.257 e. The summed E-state index contributed by atoms with van der Waals surface area (Å²) in [5, 5.41) is 0. The van der Waals surface area contributed by atoms with Crippen molar-refractivity contribution in [3.63, 3.8) is 0 Å². The minimum Gasteiger partial charge on any atom is -0.337 e. The van der Waals surface area contributed by atoms with Gasteiger partial charge in [0.25, 0.3) is 5.91 Å². The molecule has 2 atom stereocenters. The second-order valence-corrected chi connectivity index (χ2v) is 8.24. The van der Waals surface area contributed by atoms with Gasteiger partial charge in [-0.1, -0.05) is 0 Å². The van der Waals surface area contributed by atoms with Crippen molar-refractivity contribution in [2.45, 2.75) is 31.7 Å². The maximum absolute atomic E-state index is 13.1. The van der Waals surface area contributed by atoms with E-state index in [1.54, 1.807) is 24.8 Å². The van der Waals surface area contributed by atoms with Crippen molar-refractivity contribution in [2.24, 2.45) is 11.8 Å². The van der Waals surface area contributed by atoms with Gasteiger partial charge in [-0.05, 0) is 49.7 Å². The molecule has 1 saturated carbocycles. The van der Waals surface area contributed by atoms with Gasteiger partial charge in [0.2, 0.25) is 0 Å². The predicted molar refractivity (Wildman–Crippen MR) is 102 cm³/mol. The number of fused-ring (bicyclic) bond motifs is 4. The van der Waals surface area contributed by atoms with Gasteiger partial charge < -0.3 is 4.90 Å². The summed E-state index contributed by atoms with van der Waals surface area (Å²) in [7, 11) is 0. The quantitative estimate of drug-likeness (QED) is 0.835. The number of carbonyl (C=O) groups excluding carboxylic acids is 1. The van der Waals surface area contributed by atoms with Gasteiger partial charge in [-0.15, -0.1) is 0 Å². The monoisotopic (exact) mass is 363 g/mol. The van der Waals surface area contributed by atoms with E-state index in [0.29, 0.717) is 23.3 Å². The lowest BCUT2D eigenvalue weighted by atomic mass is 9.95. The van der Waals surface area contributed by atoms with Crippen LogP contribution in [0.15, 0.2) is 36.9 Å². The van der Waals surface area contributed by atoms with Crippen molar-refractivity contribution in [1.29, 1.82) is 0 Å². The molecule has 0 spiro atoms. The summed E-state index contributed by atoms with van der Waals surface area (Å²) in [5.74, 6) is 2.17. The first-order valence-corrected chi connectivity index (χ1v) is 10.0. The largest absolute Gasteiger partial charge is 0.337 e. The summed E-state index contributed by atoms with van der Waals surface area (Å²) in [6.45, 7) is 4.08. The summed E-state index contributed by atoms with van der Waals surface area (Å²) in [5.41, 5.74) is 1.44. The number of carbonyl (C=O) groups is 1. The lowest BCUT2D eigenvalue weighted by molar-refractivity contribution is 0.0736. The average Bonchev–Trinajstić information content (AvgIpc) is 3.56. The molecule has 4 fully saturated rings. The molecule has 0 unspecified atom stereocenters. The number of nitrogens with zero attached hydrogens (tertiary/aromatic N) is 5. The van der Waals surface area contributed by atoms with Crippen LogP contribution in [0.25, 0.3) is 11.4 Å². The Kier molecular flexibility index (Phi) is 4.36. The Hall–Kier alpha value is -2.34. The van der Waals surface area contributed by atoms with Crippen LogP contribution in [0.4, 0.5) is 0 Å². The molecule has 2 aromatic heterocycles. The third kappa shape index (κ3) is 3.58. The van der Waals surface area contributed by atoms with Gasteiger partial charge in [-0.2, -0.15) is 0 Å². The van der Waals surface area contributed by atoms with Crippen LogP contribution in [0.3, 0.4) is 0 Å². The van der Waals surface area contributed by atoms with Crippen LogP contribution >= 0.6 is 0 Å². The number of piperidine rings is 1. The van der Waals surface area contributed by atoms with E-state index in [1.807, 2.05) is 17.0 Å². The maximum Gasteiger partial charge on any atom is 0.257 e. The summed E-state index contributed by atoms with van der Waals surface area (Å²) >= 11 is 0. The zero-order valence-corrected chi connectivity index (χ0v) is 15.5. The Morgan fingerprint density at radius 2 is 1.89 bits per heavy atom. The first kappa shape index (κ1) is 16.8. The number of pyridine rings is 1. The number of amides is 1. The van der Waals surface area contributed by atoms with Gasteiger partial charge in [0.05, 0.1) is 5.56 Å². The molecular weight excluding hydrogens is 338 g/mol. The summed E-state index contributed by atoms with van der Waals surface area (Å²) in [6.07, 6.45) is 12.0. The number of hydrogen-bond donors (Lipinski definition) is 0. The molecular formula is C21H25N5O.